The summed E-state index contributed by atoms with van der Waals surface area (Å²) in [5, 5.41) is 0.728. The second-order valence-electron chi connectivity index (χ2n) is 7.29. The molecule has 1 aromatic heterocycles. The molecule has 1 aliphatic heterocycles. The third-order valence-corrected chi connectivity index (χ3v) is 7.21. The molecule has 1 fully saturated rings. The molecule has 3 aromatic rings. The molecule has 0 atom stereocenters. The van der Waals surface area contributed by atoms with Crippen molar-refractivity contribution in [2.45, 2.75) is 11.3 Å². The highest BCUT2D eigenvalue weighted by molar-refractivity contribution is 7.98. The number of thioether (sulfide) groups is 1. The number of benzene rings is 2. The van der Waals surface area contributed by atoms with E-state index in [4.69, 9.17) is 14.5 Å². The summed E-state index contributed by atoms with van der Waals surface area (Å²) in [5.41, 5.74) is 1.57. The Morgan fingerprint density at radius 1 is 1.25 bits per heavy atom. The fraction of sp³-hybridized carbons (Fsp3) is 0.391. The fourth-order valence-electron chi connectivity index (χ4n) is 3.67. The first-order valence-electron chi connectivity index (χ1n) is 10.4. The van der Waals surface area contributed by atoms with E-state index >= 15 is 0 Å². The number of halogens is 1. The zero-order chi connectivity index (χ0) is 21.6. The Balaban J connectivity index is 0.00000289. The predicted molar refractivity (Wildman–Crippen MR) is 135 cm³/mol. The van der Waals surface area contributed by atoms with E-state index in [-0.39, 0.29) is 18.3 Å². The summed E-state index contributed by atoms with van der Waals surface area (Å²) in [6, 6.07) is 13.6. The first-order chi connectivity index (χ1) is 15.2. The first-order valence-corrected chi connectivity index (χ1v) is 12.4. The van der Waals surface area contributed by atoms with Crippen LogP contribution in [0.4, 0.5) is 5.13 Å². The van der Waals surface area contributed by atoms with Gasteiger partial charge in [0.25, 0.3) is 5.91 Å². The minimum Gasteiger partial charge on any atom is -0.497 e. The van der Waals surface area contributed by atoms with Gasteiger partial charge in [0.2, 0.25) is 0 Å². The summed E-state index contributed by atoms with van der Waals surface area (Å²) in [6.45, 7) is 5.02. The molecule has 0 bridgehead atoms. The van der Waals surface area contributed by atoms with Crippen molar-refractivity contribution >= 4 is 56.8 Å². The highest BCUT2D eigenvalue weighted by Crippen LogP contribution is 2.33. The molecule has 0 unspecified atom stereocenters. The van der Waals surface area contributed by atoms with Crippen LogP contribution in [0.15, 0.2) is 47.4 Å². The van der Waals surface area contributed by atoms with Crippen LogP contribution in [0, 0.1) is 0 Å². The number of thiazole rings is 1. The van der Waals surface area contributed by atoms with Crippen LogP contribution in [0.5, 0.6) is 5.75 Å². The van der Waals surface area contributed by atoms with Gasteiger partial charge in [-0.1, -0.05) is 23.5 Å². The Labute approximate surface area is 203 Å². The van der Waals surface area contributed by atoms with Crippen LogP contribution in [0.25, 0.3) is 10.2 Å². The van der Waals surface area contributed by atoms with Crippen LogP contribution in [0.1, 0.15) is 16.8 Å². The average molecular weight is 494 g/mol. The number of hydrogen-bond donors (Lipinski definition) is 0. The van der Waals surface area contributed by atoms with Gasteiger partial charge in [0, 0.05) is 37.1 Å². The molecule has 9 heteroatoms. The summed E-state index contributed by atoms with van der Waals surface area (Å²) in [6.07, 6.45) is 2.88. The van der Waals surface area contributed by atoms with E-state index in [9.17, 15) is 4.79 Å². The molecule has 1 amide bonds. The second kappa shape index (κ2) is 11.9. The minimum absolute atomic E-state index is 0. The molecule has 0 aliphatic carbocycles. The molecule has 0 saturated carbocycles. The van der Waals surface area contributed by atoms with Crippen molar-refractivity contribution in [3.8, 4) is 5.75 Å². The molecule has 4 rings (SSSR count). The van der Waals surface area contributed by atoms with Gasteiger partial charge in [0.05, 0.1) is 36.1 Å². The quantitative estimate of drug-likeness (QED) is 0.419. The van der Waals surface area contributed by atoms with Crippen molar-refractivity contribution in [2.75, 3.05) is 57.7 Å². The smallest absolute Gasteiger partial charge is 0.261 e. The van der Waals surface area contributed by atoms with Gasteiger partial charge in [-0.3, -0.25) is 14.6 Å². The topological polar surface area (TPSA) is 54.9 Å². The standard InChI is InChI=1S/C23H27N3O3S2.ClH/c1-28-17-8-9-21-19(16-17)24-23(31-21)26(11-5-10-25-12-14-29-15-13-25)22(27)18-6-3-4-7-20(18)30-2;/h3-4,6-9,16H,5,10-15H2,1-2H3;1H. The summed E-state index contributed by atoms with van der Waals surface area (Å²) in [7, 11) is 1.65. The summed E-state index contributed by atoms with van der Waals surface area (Å²) in [4.78, 5) is 23.6. The minimum atomic E-state index is -0.00190. The van der Waals surface area contributed by atoms with Crippen LogP contribution in [0.3, 0.4) is 0 Å². The number of hydrogen-bond acceptors (Lipinski definition) is 7. The maximum Gasteiger partial charge on any atom is 0.261 e. The van der Waals surface area contributed by atoms with Gasteiger partial charge in [-0.05, 0) is 36.9 Å². The lowest BCUT2D eigenvalue weighted by Crippen LogP contribution is -2.39. The zero-order valence-corrected chi connectivity index (χ0v) is 20.7. The Morgan fingerprint density at radius 3 is 2.78 bits per heavy atom. The number of amides is 1. The molecule has 32 heavy (non-hydrogen) atoms. The van der Waals surface area contributed by atoms with Gasteiger partial charge in [0.15, 0.2) is 5.13 Å². The van der Waals surface area contributed by atoms with Crippen molar-refractivity contribution < 1.29 is 14.3 Å². The zero-order valence-electron chi connectivity index (χ0n) is 18.3. The molecule has 2 aromatic carbocycles. The van der Waals surface area contributed by atoms with E-state index in [0.29, 0.717) is 6.54 Å². The number of morpholine rings is 1. The van der Waals surface area contributed by atoms with Crippen molar-refractivity contribution in [3.05, 3.63) is 48.0 Å². The third-order valence-electron chi connectivity index (χ3n) is 5.36. The molecule has 0 spiro atoms. The van der Waals surface area contributed by atoms with Gasteiger partial charge in [-0.2, -0.15) is 0 Å². The first kappa shape index (κ1) is 24.8. The predicted octanol–water partition coefficient (Wildman–Crippen LogP) is 4.82. The Kier molecular flexibility index (Phi) is 9.19. The van der Waals surface area contributed by atoms with E-state index in [1.165, 1.54) is 0 Å². The summed E-state index contributed by atoms with van der Waals surface area (Å²) >= 11 is 3.13. The van der Waals surface area contributed by atoms with E-state index < -0.39 is 0 Å². The van der Waals surface area contributed by atoms with Crippen LogP contribution >= 0.6 is 35.5 Å². The number of carbonyl (C=O) groups excluding carboxylic acids is 1. The number of aromatic nitrogens is 1. The van der Waals surface area contributed by atoms with Gasteiger partial charge >= 0.3 is 0 Å². The van der Waals surface area contributed by atoms with Crippen LogP contribution in [-0.4, -0.2) is 68.5 Å². The Bertz CT molecular complexity index is 1040. The maximum absolute atomic E-state index is 13.6. The van der Waals surface area contributed by atoms with E-state index in [1.54, 1.807) is 30.2 Å². The summed E-state index contributed by atoms with van der Waals surface area (Å²) in [5.74, 6) is 0.764. The normalized spacial score (nSPS) is 14.2. The lowest BCUT2D eigenvalue weighted by Gasteiger charge is -2.28. The van der Waals surface area contributed by atoms with Crippen LogP contribution in [-0.2, 0) is 4.74 Å². The monoisotopic (exact) mass is 493 g/mol. The molecule has 1 aliphatic rings. The van der Waals surface area contributed by atoms with Gasteiger partial charge in [-0.25, -0.2) is 4.98 Å². The third kappa shape index (κ3) is 5.74. The fourth-order valence-corrected chi connectivity index (χ4v) is 5.23. The number of ether oxygens (including phenoxy) is 2. The van der Waals surface area contributed by atoms with Gasteiger partial charge < -0.3 is 9.47 Å². The largest absolute Gasteiger partial charge is 0.497 e. The number of methoxy groups -OCH3 is 1. The number of carbonyl (C=O) groups is 1. The van der Waals surface area contributed by atoms with Crippen molar-refractivity contribution in [3.63, 3.8) is 0 Å². The molecule has 172 valence electrons. The molecule has 2 heterocycles. The summed E-state index contributed by atoms with van der Waals surface area (Å²) < 4.78 is 11.8. The molecular formula is C23H28ClN3O3S2. The Morgan fingerprint density at radius 2 is 2.03 bits per heavy atom. The van der Waals surface area contributed by atoms with Crippen molar-refractivity contribution in [1.82, 2.24) is 9.88 Å². The van der Waals surface area contributed by atoms with E-state index in [1.807, 2.05) is 53.6 Å². The van der Waals surface area contributed by atoms with Gasteiger partial charge in [0.1, 0.15) is 5.75 Å². The van der Waals surface area contributed by atoms with Crippen molar-refractivity contribution in [2.24, 2.45) is 0 Å². The van der Waals surface area contributed by atoms with E-state index in [0.717, 1.165) is 70.8 Å². The van der Waals surface area contributed by atoms with Crippen LogP contribution in [0.2, 0.25) is 0 Å². The average Bonchev–Trinajstić information content (AvgIpc) is 3.25. The van der Waals surface area contributed by atoms with Crippen molar-refractivity contribution in [1.29, 1.82) is 0 Å². The highest BCUT2D eigenvalue weighted by atomic mass is 35.5. The second-order valence-corrected chi connectivity index (χ2v) is 9.15. The number of anilines is 1. The molecule has 0 radical (unpaired) electrons. The number of fused-ring (bicyclic) bond motifs is 1. The highest BCUT2D eigenvalue weighted by Gasteiger charge is 2.23. The lowest BCUT2D eigenvalue weighted by atomic mass is 10.2. The van der Waals surface area contributed by atoms with Crippen LogP contribution < -0.4 is 9.64 Å². The maximum atomic E-state index is 13.6. The molecular weight excluding hydrogens is 466 g/mol. The van der Waals surface area contributed by atoms with E-state index in [2.05, 4.69) is 4.90 Å². The number of nitrogens with zero attached hydrogens (tertiary/aromatic N) is 3. The molecule has 1 saturated heterocycles. The Hall–Kier alpha value is -1.84. The molecule has 6 nitrogen and oxygen atoms in total. The lowest BCUT2D eigenvalue weighted by molar-refractivity contribution is 0.0376. The number of rotatable bonds is 8. The van der Waals surface area contributed by atoms with Gasteiger partial charge in [-0.15, -0.1) is 24.2 Å². The SMILES string of the molecule is COc1ccc2sc(N(CCCN3CCOCC3)C(=O)c3ccccc3SC)nc2c1.Cl. The molecule has 0 N–H and O–H groups in total.